The standard InChI is InChI=1S/C75H146O17P2/c1-9-68(8)54-46-38-29-25-26-30-39-47-55-72(77)85-61-70(91-74(79)57-49-41-31-23-19-17-15-13-11-10-12-14-16-18-21-27-35-43-51-65(2)3)63-89-93(81,82)87-59-69(76)60-88-94(83,84)90-64-71(62-86-73(78)56-48-40-34-33-37-45-53-67(6)7)92-75(80)58-50-42-32-24-20-22-28-36-44-52-66(4)5/h65-71,76H,9-64H2,1-8H3,(H,81,82)(H,83,84)/t68?,69-,70-,71-/m1/s1. The largest absolute Gasteiger partial charge is 0.472 e. The summed E-state index contributed by atoms with van der Waals surface area (Å²) < 4.78 is 68.4. The predicted octanol–water partition coefficient (Wildman–Crippen LogP) is 21.7. The fraction of sp³-hybridized carbons (Fsp3) is 0.947. The second-order valence-corrected chi connectivity index (χ2v) is 31.6. The van der Waals surface area contributed by atoms with Crippen molar-refractivity contribution in [2.45, 2.75) is 395 Å². The topological polar surface area (TPSA) is 237 Å². The minimum atomic E-state index is -4.96. The molecule has 0 saturated heterocycles. The summed E-state index contributed by atoms with van der Waals surface area (Å²) >= 11 is 0. The maximum Gasteiger partial charge on any atom is 0.472 e. The summed E-state index contributed by atoms with van der Waals surface area (Å²) in [5.41, 5.74) is 0. The van der Waals surface area contributed by atoms with Crippen LogP contribution in [0.15, 0.2) is 0 Å². The molecule has 0 aromatic carbocycles. The van der Waals surface area contributed by atoms with Crippen LogP contribution in [0, 0.1) is 23.7 Å². The highest BCUT2D eigenvalue weighted by Gasteiger charge is 2.30. The van der Waals surface area contributed by atoms with E-state index in [9.17, 15) is 43.2 Å². The lowest BCUT2D eigenvalue weighted by molar-refractivity contribution is -0.161. The average molecular weight is 1380 g/mol. The smallest absolute Gasteiger partial charge is 0.462 e. The van der Waals surface area contributed by atoms with Gasteiger partial charge >= 0.3 is 39.5 Å². The Bertz CT molecular complexity index is 1850. The number of aliphatic hydroxyl groups is 1. The van der Waals surface area contributed by atoms with E-state index < -0.39 is 97.5 Å². The van der Waals surface area contributed by atoms with Gasteiger partial charge in [-0.3, -0.25) is 37.3 Å². The second kappa shape index (κ2) is 64.4. The third-order valence-corrected chi connectivity index (χ3v) is 19.6. The summed E-state index contributed by atoms with van der Waals surface area (Å²) in [5.74, 6) is 0.888. The first-order chi connectivity index (χ1) is 45.1. The highest BCUT2D eigenvalue weighted by atomic mass is 31.2. The highest BCUT2D eigenvalue weighted by molar-refractivity contribution is 7.47. The molecule has 0 bridgehead atoms. The number of ether oxygens (including phenoxy) is 4. The van der Waals surface area contributed by atoms with Crippen molar-refractivity contribution < 1.29 is 80.2 Å². The van der Waals surface area contributed by atoms with Crippen LogP contribution in [0.2, 0.25) is 0 Å². The van der Waals surface area contributed by atoms with Gasteiger partial charge < -0.3 is 33.8 Å². The first-order valence-electron chi connectivity index (χ1n) is 38.7. The molecule has 0 rings (SSSR count). The van der Waals surface area contributed by atoms with Crippen LogP contribution in [0.3, 0.4) is 0 Å². The Labute approximate surface area is 575 Å². The molecular weight excluding hydrogens is 1230 g/mol. The zero-order valence-electron chi connectivity index (χ0n) is 61.6. The lowest BCUT2D eigenvalue weighted by Gasteiger charge is -2.21. The van der Waals surface area contributed by atoms with Crippen molar-refractivity contribution in [2.24, 2.45) is 23.7 Å². The van der Waals surface area contributed by atoms with Crippen molar-refractivity contribution in [1.82, 2.24) is 0 Å². The average Bonchev–Trinajstić information content (AvgIpc) is 1.44. The maximum absolute atomic E-state index is 13.1. The Morgan fingerprint density at radius 3 is 0.755 bits per heavy atom. The molecule has 0 saturated carbocycles. The number of carbonyl (C=O) groups is 4. The maximum atomic E-state index is 13.1. The quantitative estimate of drug-likeness (QED) is 0.0222. The molecular formula is C75H146O17P2. The number of hydrogen-bond acceptors (Lipinski definition) is 15. The molecule has 0 aromatic rings. The third-order valence-electron chi connectivity index (χ3n) is 17.7. The molecule has 0 aliphatic rings. The van der Waals surface area contributed by atoms with Crippen LogP contribution in [0.1, 0.15) is 376 Å². The molecule has 94 heavy (non-hydrogen) atoms. The van der Waals surface area contributed by atoms with E-state index in [2.05, 4.69) is 55.4 Å². The number of carbonyl (C=O) groups excluding carboxylic acids is 4. The summed E-state index contributed by atoms with van der Waals surface area (Å²) in [4.78, 5) is 72.7. The van der Waals surface area contributed by atoms with Gasteiger partial charge in [-0.1, -0.05) is 325 Å². The van der Waals surface area contributed by atoms with Gasteiger partial charge in [0, 0.05) is 25.7 Å². The zero-order valence-corrected chi connectivity index (χ0v) is 63.4. The Morgan fingerprint density at radius 2 is 0.511 bits per heavy atom. The summed E-state index contributed by atoms with van der Waals surface area (Å²) in [5, 5.41) is 10.6. The molecule has 0 amide bonds. The number of unbranched alkanes of at least 4 members (excludes halogenated alkanes) is 37. The molecule has 0 heterocycles. The number of phosphoric ester groups is 2. The molecule has 19 heteroatoms. The van der Waals surface area contributed by atoms with Crippen LogP contribution >= 0.6 is 15.6 Å². The van der Waals surface area contributed by atoms with Gasteiger partial charge in [0.05, 0.1) is 26.4 Å². The molecule has 0 spiro atoms. The van der Waals surface area contributed by atoms with Gasteiger partial charge in [-0.2, -0.15) is 0 Å². The molecule has 0 radical (unpaired) electrons. The van der Waals surface area contributed by atoms with E-state index in [-0.39, 0.29) is 25.7 Å². The van der Waals surface area contributed by atoms with E-state index in [0.717, 1.165) is 114 Å². The number of aliphatic hydroxyl groups excluding tert-OH is 1. The second-order valence-electron chi connectivity index (χ2n) is 28.7. The normalized spacial score (nSPS) is 14.4. The van der Waals surface area contributed by atoms with Crippen LogP contribution in [0.4, 0.5) is 0 Å². The first-order valence-corrected chi connectivity index (χ1v) is 41.7. The number of esters is 4. The minimum Gasteiger partial charge on any atom is -0.462 e. The fourth-order valence-corrected chi connectivity index (χ4v) is 12.9. The molecule has 17 nitrogen and oxygen atoms in total. The molecule has 6 atom stereocenters. The lowest BCUT2D eigenvalue weighted by Crippen LogP contribution is -2.30. The SMILES string of the molecule is CCC(C)CCCCCCCCCCC(=O)OC[C@H](COP(=O)(O)OC[C@@H](O)COP(=O)(O)OC[C@@H](COC(=O)CCCCCCCCC(C)C)OC(=O)CCCCCCCCCCCC(C)C)OC(=O)CCCCCCCCCCCCCCCCCCCCC(C)C. The van der Waals surface area contributed by atoms with E-state index in [1.165, 1.54) is 173 Å². The molecule has 3 N–H and O–H groups in total. The van der Waals surface area contributed by atoms with Crippen molar-refractivity contribution in [2.75, 3.05) is 39.6 Å². The van der Waals surface area contributed by atoms with Crippen LogP contribution in [0.25, 0.3) is 0 Å². The van der Waals surface area contributed by atoms with Crippen molar-refractivity contribution in [3.05, 3.63) is 0 Å². The Hall–Kier alpha value is -1.94. The van der Waals surface area contributed by atoms with E-state index in [0.29, 0.717) is 31.6 Å². The van der Waals surface area contributed by atoms with E-state index in [4.69, 9.17) is 37.0 Å². The fourth-order valence-electron chi connectivity index (χ4n) is 11.3. The van der Waals surface area contributed by atoms with Crippen LogP contribution in [0.5, 0.6) is 0 Å². The van der Waals surface area contributed by atoms with Gasteiger partial charge in [0.2, 0.25) is 0 Å². The van der Waals surface area contributed by atoms with E-state index in [1.54, 1.807) is 0 Å². The summed E-state index contributed by atoms with van der Waals surface area (Å²) in [6, 6.07) is 0. The van der Waals surface area contributed by atoms with Crippen LogP contribution in [-0.4, -0.2) is 96.7 Å². The van der Waals surface area contributed by atoms with Crippen molar-refractivity contribution in [3.8, 4) is 0 Å². The van der Waals surface area contributed by atoms with Gasteiger partial charge in [-0.05, 0) is 49.4 Å². The zero-order chi connectivity index (χ0) is 69.6. The number of hydrogen-bond donors (Lipinski definition) is 3. The summed E-state index contributed by atoms with van der Waals surface area (Å²) in [7, 11) is -9.91. The van der Waals surface area contributed by atoms with Gasteiger partial charge in [0.15, 0.2) is 12.2 Å². The summed E-state index contributed by atoms with van der Waals surface area (Å²) in [6.07, 6.45) is 48.8. The monoisotopic (exact) mass is 1380 g/mol. The van der Waals surface area contributed by atoms with E-state index in [1.807, 2.05) is 0 Å². The molecule has 0 aliphatic heterocycles. The van der Waals surface area contributed by atoms with Gasteiger partial charge in [-0.25, -0.2) is 9.13 Å². The molecule has 0 aliphatic carbocycles. The van der Waals surface area contributed by atoms with Gasteiger partial charge in [0.1, 0.15) is 19.3 Å². The Kier molecular flexibility index (Phi) is 63.1. The predicted molar refractivity (Wildman–Crippen MR) is 381 cm³/mol. The van der Waals surface area contributed by atoms with Crippen LogP contribution < -0.4 is 0 Å². The van der Waals surface area contributed by atoms with Crippen molar-refractivity contribution in [1.29, 1.82) is 0 Å². The Morgan fingerprint density at radius 1 is 0.298 bits per heavy atom. The minimum absolute atomic E-state index is 0.104. The first kappa shape index (κ1) is 92.1. The van der Waals surface area contributed by atoms with Gasteiger partial charge in [0.25, 0.3) is 0 Å². The molecule has 558 valence electrons. The van der Waals surface area contributed by atoms with Crippen molar-refractivity contribution in [3.63, 3.8) is 0 Å². The molecule has 0 fully saturated rings. The Balaban J connectivity index is 5.19. The van der Waals surface area contributed by atoms with Crippen LogP contribution in [-0.2, 0) is 65.4 Å². The molecule has 0 aromatic heterocycles. The van der Waals surface area contributed by atoms with Gasteiger partial charge in [-0.15, -0.1) is 0 Å². The lowest BCUT2D eigenvalue weighted by atomic mass is 9.99. The number of rotatable bonds is 72. The molecule has 3 unspecified atom stereocenters. The third kappa shape index (κ3) is 67.3. The van der Waals surface area contributed by atoms with Crippen molar-refractivity contribution >= 4 is 39.5 Å². The summed E-state index contributed by atoms with van der Waals surface area (Å²) in [6.45, 7) is 14.1. The van der Waals surface area contributed by atoms with E-state index >= 15 is 0 Å². The highest BCUT2D eigenvalue weighted by Crippen LogP contribution is 2.45. The number of phosphoric acid groups is 2.